The van der Waals surface area contributed by atoms with E-state index in [1.54, 1.807) is 44.2 Å². The summed E-state index contributed by atoms with van der Waals surface area (Å²) in [5.41, 5.74) is 2.19. The largest absolute Gasteiger partial charge is 0.461 e. The van der Waals surface area contributed by atoms with E-state index in [0.717, 1.165) is 5.57 Å². The van der Waals surface area contributed by atoms with Crippen molar-refractivity contribution < 1.29 is 9.53 Å². The van der Waals surface area contributed by atoms with Crippen molar-refractivity contribution in [2.24, 2.45) is 0 Å². The zero-order valence-electron chi connectivity index (χ0n) is 11.1. The molecule has 0 saturated heterocycles. The first kappa shape index (κ1) is 14.5. The SMILES string of the molecule is C=C(C)/C=C(\Nc1cccc(C#N)c1)C(=O)OCC. The molecule has 0 aromatic heterocycles. The number of hydrogen-bond acceptors (Lipinski definition) is 4. The molecule has 0 unspecified atom stereocenters. The minimum absolute atomic E-state index is 0.296. The molecule has 0 atom stereocenters. The quantitative estimate of drug-likeness (QED) is 0.500. The Balaban J connectivity index is 2.98. The summed E-state index contributed by atoms with van der Waals surface area (Å²) in [6, 6.07) is 8.90. The van der Waals surface area contributed by atoms with Crippen molar-refractivity contribution in [1.29, 1.82) is 5.26 Å². The first-order valence-corrected chi connectivity index (χ1v) is 5.88. The molecule has 0 amide bonds. The van der Waals surface area contributed by atoms with Crippen LogP contribution in [0.2, 0.25) is 0 Å². The van der Waals surface area contributed by atoms with Crippen molar-refractivity contribution in [1.82, 2.24) is 0 Å². The van der Waals surface area contributed by atoms with Crippen LogP contribution in [0.3, 0.4) is 0 Å². The van der Waals surface area contributed by atoms with Gasteiger partial charge in [-0.1, -0.05) is 18.2 Å². The molecule has 4 heteroatoms. The van der Waals surface area contributed by atoms with Crippen molar-refractivity contribution in [2.45, 2.75) is 13.8 Å². The molecular weight excluding hydrogens is 240 g/mol. The zero-order valence-corrected chi connectivity index (χ0v) is 11.1. The number of carbonyl (C=O) groups excluding carboxylic acids is 1. The van der Waals surface area contributed by atoms with Crippen LogP contribution in [-0.2, 0) is 9.53 Å². The highest BCUT2D eigenvalue weighted by Gasteiger charge is 2.10. The van der Waals surface area contributed by atoms with Crippen LogP contribution >= 0.6 is 0 Å². The second-order valence-electron chi connectivity index (χ2n) is 3.94. The van der Waals surface area contributed by atoms with Gasteiger partial charge in [0.15, 0.2) is 0 Å². The first-order chi connectivity index (χ1) is 9.06. The Kier molecular flexibility index (Phi) is 5.36. The molecule has 0 fully saturated rings. The lowest BCUT2D eigenvalue weighted by Crippen LogP contribution is -2.15. The molecule has 0 spiro atoms. The number of ether oxygens (including phenoxy) is 1. The molecule has 1 aromatic carbocycles. The third-order valence-electron chi connectivity index (χ3n) is 2.16. The van der Waals surface area contributed by atoms with Gasteiger partial charge in [-0.25, -0.2) is 4.79 Å². The number of rotatable bonds is 5. The third-order valence-corrected chi connectivity index (χ3v) is 2.16. The van der Waals surface area contributed by atoms with Crippen LogP contribution in [0.1, 0.15) is 19.4 Å². The topological polar surface area (TPSA) is 62.1 Å². The second-order valence-corrected chi connectivity index (χ2v) is 3.94. The maximum absolute atomic E-state index is 11.8. The van der Waals surface area contributed by atoms with Gasteiger partial charge in [-0.05, 0) is 38.1 Å². The molecular formula is C15H16N2O2. The standard InChI is InChI=1S/C15H16N2O2/c1-4-19-15(18)14(8-11(2)3)17-13-7-5-6-12(9-13)10-16/h5-9,17H,2,4H2,1,3H3/b14-8-. The Bertz CT molecular complexity index is 554. The fourth-order valence-electron chi connectivity index (χ4n) is 1.42. The van der Waals surface area contributed by atoms with Crippen LogP contribution in [-0.4, -0.2) is 12.6 Å². The highest BCUT2D eigenvalue weighted by Crippen LogP contribution is 2.14. The van der Waals surface area contributed by atoms with Crippen LogP contribution in [0, 0.1) is 11.3 Å². The van der Waals surface area contributed by atoms with Gasteiger partial charge in [0.05, 0.1) is 18.2 Å². The first-order valence-electron chi connectivity index (χ1n) is 5.88. The van der Waals surface area contributed by atoms with E-state index in [4.69, 9.17) is 10.00 Å². The number of nitriles is 1. The normalized spacial score (nSPS) is 10.5. The zero-order chi connectivity index (χ0) is 14.3. The molecule has 0 aliphatic heterocycles. The Hall–Kier alpha value is -2.54. The number of esters is 1. The average molecular weight is 256 g/mol. The average Bonchev–Trinajstić information content (AvgIpc) is 2.38. The minimum Gasteiger partial charge on any atom is -0.461 e. The molecule has 4 nitrogen and oxygen atoms in total. The van der Waals surface area contributed by atoms with Gasteiger partial charge in [0, 0.05) is 5.69 Å². The predicted octanol–water partition coefficient (Wildman–Crippen LogP) is 2.99. The van der Waals surface area contributed by atoms with E-state index in [1.807, 2.05) is 6.07 Å². The highest BCUT2D eigenvalue weighted by molar-refractivity contribution is 5.92. The molecule has 0 bridgehead atoms. The number of nitrogens with zero attached hydrogens (tertiary/aromatic N) is 1. The van der Waals surface area contributed by atoms with Crippen molar-refractivity contribution in [3.05, 3.63) is 53.8 Å². The second kappa shape index (κ2) is 7.02. The molecule has 0 aliphatic carbocycles. The van der Waals surface area contributed by atoms with Gasteiger partial charge in [-0.2, -0.15) is 5.26 Å². The molecule has 1 N–H and O–H groups in total. The maximum Gasteiger partial charge on any atom is 0.354 e. The molecule has 0 saturated carbocycles. The van der Waals surface area contributed by atoms with Crippen LogP contribution < -0.4 is 5.32 Å². The van der Waals surface area contributed by atoms with Crippen LogP contribution in [0.15, 0.2) is 48.2 Å². The summed E-state index contributed by atoms with van der Waals surface area (Å²) >= 11 is 0. The van der Waals surface area contributed by atoms with Crippen molar-refractivity contribution in [2.75, 3.05) is 11.9 Å². The molecule has 1 rings (SSSR count). The highest BCUT2D eigenvalue weighted by atomic mass is 16.5. The minimum atomic E-state index is -0.451. The number of hydrogen-bond donors (Lipinski definition) is 1. The lowest BCUT2D eigenvalue weighted by atomic mass is 10.2. The van der Waals surface area contributed by atoms with Crippen molar-refractivity contribution in [3.8, 4) is 6.07 Å². The number of allylic oxidation sites excluding steroid dienone is 2. The molecule has 0 radical (unpaired) electrons. The molecule has 1 aromatic rings. The monoisotopic (exact) mass is 256 g/mol. The smallest absolute Gasteiger partial charge is 0.354 e. The number of carbonyl (C=O) groups is 1. The molecule has 0 heterocycles. The summed E-state index contributed by atoms with van der Waals surface area (Å²) in [6.45, 7) is 7.56. The Morgan fingerprint density at radius 2 is 2.32 bits per heavy atom. The maximum atomic E-state index is 11.8. The molecule has 0 aliphatic rings. The van der Waals surface area contributed by atoms with E-state index in [-0.39, 0.29) is 0 Å². The fourth-order valence-corrected chi connectivity index (χ4v) is 1.42. The number of anilines is 1. The summed E-state index contributed by atoms with van der Waals surface area (Å²) in [6.07, 6.45) is 1.61. The van der Waals surface area contributed by atoms with E-state index in [2.05, 4.69) is 11.9 Å². The van der Waals surface area contributed by atoms with Gasteiger partial charge in [0.1, 0.15) is 5.70 Å². The van der Waals surface area contributed by atoms with Gasteiger partial charge in [0.25, 0.3) is 0 Å². The fraction of sp³-hybridized carbons (Fsp3) is 0.200. The van der Waals surface area contributed by atoms with E-state index in [9.17, 15) is 4.79 Å². The summed E-state index contributed by atoms with van der Waals surface area (Å²) < 4.78 is 4.96. The van der Waals surface area contributed by atoms with Gasteiger partial charge < -0.3 is 10.1 Å². The van der Waals surface area contributed by atoms with Crippen LogP contribution in [0.25, 0.3) is 0 Å². The van der Waals surface area contributed by atoms with Crippen molar-refractivity contribution >= 4 is 11.7 Å². The Morgan fingerprint density at radius 1 is 1.58 bits per heavy atom. The lowest BCUT2D eigenvalue weighted by Gasteiger charge is -2.10. The van der Waals surface area contributed by atoms with Gasteiger partial charge >= 0.3 is 5.97 Å². The summed E-state index contributed by atoms with van der Waals surface area (Å²) in [5, 5.41) is 11.8. The van der Waals surface area contributed by atoms with E-state index < -0.39 is 5.97 Å². The number of nitrogens with one attached hydrogen (secondary N) is 1. The van der Waals surface area contributed by atoms with Gasteiger partial charge in [0.2, 0.25) is 0 Å². The lowest BCUT2D eigenvalue weighted by molar-refractivity contribution is -0.138. The van der Waals surface area contributed by atoms with E-state index in [0.29, 0.717) is 23.6 Å². The Labute approximate surface area is 113 Å². The predicted molar refractivity (Wildman–Crippen MR) is 74.3 cm³/mol. The van der Waals surface area contributed by atoms with Gasteiger partial charge in [-0.3, -0.25) is 0 Å². The van der Waals surface area contributed by atoms with E-state index >= 15 is 0 Å². The summed E-state index contributed by atoms with van der Waals surface area (Å²) in [7, 11) is 0. The van der Waals surface area contributed by atoms with Crippen LogP contribution in [0.5, 0.6) is 0 Å². The Morgan fingerprint density at radius 3 is 2.89 bits per heavy atom. The molecule has 19 heavy (non-hydrogen) atoms. The summed E-state index contributed by atoms with van der Waals surface area (Å²) in [4.78, 5) is 11.8. The molecule has 98 valence electrons. The van der Waals surface area contributed by atoms with Gasteiger partial charge in [-0.15, -0.1) is 0 Å². The third kappa shape index (κ3) is 4.68. The summed E-state index contributed by atoms with van der Waals surface area (Å²) in [5.74, 6) is -0.451. The number of benzene rings is 1. The van der Waals surface area contributed by atoms with E-state index in [1.165, 1.54) is 0 Å². The van der Waals surface area contributed by atoms with Crippen molar-refractivity contribution in [3.63, 3.8) is 0 Å². The van der Waals surface area contributed by atoms with Crippen LogP contribution in [0.4, 0.5) is 5.69 Å².